The Kier molecular flexibility index (Phi) is 4.23. The number of nitrogens with two attached hydrogens (primary N) is 1. The Morgan fingerprint density at radius 2 is 2.23 bits per heavy atom. The molecule has 0 aliphatic heterocycles. The first-order valence-corrected chi connectivity index (χ1v) is 5.46. The van der Waals surface area contributed by atoms with E-state index in [2.05, 4.69) is 15.9 Å². The lowest BCUT2D eigenvalue weighted by molar-refractivity contribution is 0.665. The SMILES string of the molecule is C[C@@H](N)CCc1ccc(Cl)cc1Br. The third-order valence-electron chi connectivity index (χ3n) is 1.88. The Morgan fingerprint density at radius 3 is 2.77 bits per heavy atom. The van der Waals surface area contributed by atoms with E-state index < -0.39 is 0 Å². The van der Waals surface area contributed by atoms with Crippen molar-refractivity contribution in [1.82, 2.24) is 0 Å². The van der Waals surface area contributed by atoms with Crippen LogP contribution in [0.1, 0.15) is 18.9 Å². The maximum atomic E-state index is 5.82. The Morgan fingerprint density at radius 1 is 1.54 bits per heavy atom. The van der Waals surface area contributed by atoms with Crippen LogP contribution in [0.5, 0.6) is 0 Å². The van der Waals surface area contributed by atoms with Gasteiger partial charge in [-0.05, 0) is 37.5 Å². The van der Waals surface area contributed by atoms with Crippen LogP contribution in [0.2, 0.25) is 5.02 Å². The molecule has 0 bridgehead atoms. The number of benzene rings is 1. The highest BCUT2D eigenvalue weighted by atomic mass is 79.9. The molecule has 0 saturated heterocycles. The summed E-state index contributed by atoms with van der Waals surface area (Å²) in [4.78, 5) is 0. The molecule has 13 heavy (non-hydrogen) atoms. The normalized spacial score (nSPS) is 12.9. The molecule has 1 rings (SSSR count). The highest BCUT2D eigenvalue weighted by molar-refractivity contribution is 9.10. The fraction of sp³-hybridized carbons (Fsp3) is 0.400. The Hall–Kier alpha value is -0.0500. The fourth-order valence-corrected chi connectivity index (χ4v) is 1.99. The van der Waals surface area contributed by atoms with Crippen LogP contribution in [0.15, 0.2) is 22.7 Å². The van der Waals surface area contributed by atoms with E-state index >= 15 is 0 Å². The van der Waals surface area contributed by atoms with Crippen LogP contribution in [0.25, 0.3) is 0 Å². The van der Waals surface area contributed by atoms with E-state index in [0.29, 0.717) is 0 Å². The zero-order valence-corrected chi connectivity index (χ0v) is 9.90. The monoisotopic (exact) mass is 261 g/mol. The minimum atomic E-state index is 0.252. The molecule has 3 heteroatoms. The van der Waals surface area contributed by atoms with Crippen LogP contribution in [0, 0.1) is 0 Å². The molecular weight excluding hydrogens is 249 g/mol. The van der Waals surface area contributed by atoms with Gasteiger partial charge in [0.15, 0.2) is 0 Å². The lowest BCUT2D eigenvalue weighted by atomic mass is 10.1. The summed E-state index contributed by atoms with van der Waals surface area (Å²) < 4.78 is 1.07. The van der Waals surface area contributed by atoms with E-state index in [-0.39, 0.29) is 6.04 Å². The van der Waals surface area contributed by atoms with E-state index in [4.69, 9.17) is 17.3 Å². The van der Waals surface area contributed by atoms with Gasteiger partial charge in [0.2, 0.25) is 0 Å². The largest absolute Gasteiger partial charge is 0.328 e. The minimum absolute atomic E-state index is 0.252. The van der Waals surface area contributed by atoms with Crippen molar-refractivity contribution < 1.29 is 0 Å². The second kappa shape index (κ2) is 4.99. The van der Waals surface area contributed by atoms with Gasteiger partial charge in [-0.3, -0.25) is 0 Å². The molecule has 0 aromatic heterocycles. The number of rotatable bonds is 3. The highest BCUT2D eigenvalue weighted by Crippen LogP contribution is 2.22. The first-order valence-electron chi connectivity index (χ1n) is 4.29. The first-order chi connectivity index (χ1) is 6.09. The maximum Gasteiger partial charge on any atom is 0.0417 e. The van der Waals surface area contributed by atoms with Gasteiger partial charge in [-0.1, -0.05) is 33.6 Å². The Bertz CT molecular complexity index is 286. The summed E-state index contributed by atoms with van der Waals surface area (Å²) in [5, 5.41) is 0.761. The van der Waals surface area contributed by atoms with Crippen LogP contribution in [-0.2, 0) is 6.42 Å². The second-order valence-electron chi connectivity index (χ2n) is 3.25. The van der Waals surface area contributed by atoms with Crippen LogP contribution in [-0.4, -0.2) is 6.04 Å². The topological polar surface area (TPSA) is 26.0 Å². The lowest BCUT2D eigenvalue weighted by Gasteiger charge is -2.06. The van der Waals surface area contributed by atoms with Gasteiger partial charge in [0, 0.05) is 15.5 Å². The zero-order chi connectivity index (χ0) is 9.84. The maximum absolute atomic E-state index is 5.82. The lowest BCUT2D eigenvalue weighted by Crippen LogP contribution is -2.15. The van der Waals surface area contributed by atoms with Crippen LogP contribution in [0.3, 0.4) is 0 Å². The summed E-state index contributed by atoms with van der Waals surface area (Å²) in [7, 11) is 0. The molecule has 1 aromatic carbocycles. The highest BCUT2D eigenvalue weighted by Gasteiger charge is 2.02. The summed E-state index contributed by atoms with van der Waals surface area (Å²) in [6.45, 7) is 2.02. The van der Waals surface area contributed by atoms with Crippen molar-refractivity contribution >= 4 is 27.5 Å². The molecule has 1 aromatic rings. The molecule has 0 unspecified atom stereocenters. The molecule has 0 radical (unpaired) electrons. The van der Waals surface area contributed by atoms with E-state index in [1.165, 1.54) is 5.56 Å². The molecule has 1 atom stereocenters. The number of hydrogen-bond acceptors (Lipinski definition) is 1. The van der Waals surface area contributed by atoms with Crippen LogP contribution < -0.4 is 5.73 Å². The van der Waals surface area contributed by atoms with Gasteiger partial charge < -0.3 is 5.73 Å². The second-order valence-corrected chi connectivity index (χ2v) is 4.54. The quantitative estimate of drug-likeness (QED) is 0.888. The zero-order valence-electron chi connectivity index (χ0n) is 7.56. The molecule has 0 heterocycles. The predicted octanol–water partition coefficient (Wildman–Crippen LogP) is 3.38. The van der Waals surface area contributed by atoms with E-state index in [1.807, 2.05) is 25.1 Å². The molecule has 0 aliphatic carbocycles. The Balaban J connectivity index is 2.67. The molecular formula is C10H13BrClN. The van der Waals surface area contributed by atoms with Crippen molar-refractivity contribution in [2.45, 2.75) is 25.8 Å². The van der Waals surface area contributed by atoms with Crippen LogP contribution in [0.4, 0.5) is 0 Å². The summed E-state index contributed by atoms with van der Waals surface area (Å²) in [6.07, 6.45) is 2.00. The van der Waals surface area contributed by atoms with Crippen molar-refractivity contribution in [3.05, 3.63) is 33.3 Å². The summed E-state index contributed by atoms with van der Waals surface area (Å²) in [5.74, 6) is 0. The van der Waals surface area contributed by atoms with E-state index in [9.17, 15) is 0 Å². The standard InChI is InChI=1S/C10H13BrClN/c1-7(13)2-3-8-4-5-9(12)6-10(8)11/h4-7H,2-3,13H2,1H3/t7-/m1/s1. The summed E-state index contributed by atoms with van der Waals surface area (Å²) >= 11 is 9.30. The van der Waals surface area contributed by atoms with Gasteiger partial charge in [0.1, 0.15) is 0 Å². The van der Waals surface area contributed by atoms with Gasteiger partial charge in [0.05, 0.1) is 0 Å². The van der Waals surface area contributed by atoms with Crippen molar-refractivity contribution in [3.63, 3.8) is 0 Å². The van der Waals surface area contributed by atoms with Crippen LogP contribution >= 0.6 is 27.5 Å². The van der Waals surface area contributed by atoms with Gasteiger partial charge in [-0.2, -0.15) is 0 Å². The molecule has 0 fully saturated rings. The predicted molar refractivity (Wildman–Crippen MR) is 61.1 cm³/mol. The third kappa shape index (κ3) is 3.67. The molecule has 0 saturated carbocycles. The average Bonchev–Trinajstić information content (AvgIpc) is 2.02. The summed E-state index contributed by atoms with van der Waals surface area (Å²) in [6, 6.07) is 6.11. The van der Waals surface area contributed by atoms with E-state index in [0.717, 1.165) is 22.3 Å². The summed E-state index contributed by atoms with van der Waals surface area (Å²) in [5.41, 5.74) is 6.94. The fourth-order valence-electron chi connectivity index (χ4n) is 1.11. The molecule has 2 N–H and O–H groups in total. The van der Waals surface area contributed by atoms with Crippen molar-refractivity contribution in [1.29, 1.82) is 0 Å². The van der Waals surface area contributed by atoms with Crippen molar-refractivity contribution in [2.24, 2.45) is 5.73 Å². The Labute approximate surface area is 92.4 Å². The number of hydrogen-bond donors (Lipinski definition) is 1. The average molecular weight is 263 g/mol. The molecule has 0 spiro atoms. The smallest absolute Gasteiger partial charge is 0.0417 e. The van der Waals surface area contributed by atoms with Gasteiger partial charge in [0.25, 0.3) is 0 Å². The molecule has 1 nitrogen and oxygen atoms in total. The van der Waals surface area contributed by atoms with Gasteiger partial charge in [-0.15, -0.1) is 0 Å². The third-order valence-corrected chi connectivity index (χ3v) is 2.86. The minimum Gasteiger partial charge on any atom is -0.328 e. The molecule has 72 valence electrons. The van der Waals surface area contributed by atoms with E-state index in [1.54, 1.807) is 0 Å². The number of halogens is 2. The van der Waals surface area contributed by atoms with Gasteiger partial charge in [-0.25, -0.2) is 0 Å². The van der Waals surface area contributed by atoms with Crippen molar-refractivity contribution in [3.8, 4) is 0 Å². The van der Waals surface area contributed by atoms with Crippen molar-refractivity contribution in [2.75, 3.05) is 0 Å². The van der Waals surface area contributed by atoms with Gasteiger partial charge >= 0.3 is 0 Å². The molecule has 0 aliphatic rings. The number of aryl methyl sites for hydroxylation is 1. The molecule has 0 amide bonds. The first kappa shape index (κ1) is 11.0.